The summed E-state index contributed by atoms with van der Waals surface area (Å²) in [5.74, 6) is 1.01. The lowest BCUT2D eigenvalue weighted by atomic mass is 9.99. The fraction of sp³-hybridized carbons (Fsp3) is 0.359. The number of nitrogens with one attached hydrogen (secondary N) is 1. The first-order chi connectivity index (χ1) is 25.3. The zero-order valence-electron chi connectivity index (χ0n) is 28.9. The molecular weight excluding hydrogens is 748 g/mol. The van der Waals surface area contributed by atoms with E-state index in [9.17, 15) is 20.6 Å². The van der Waals surface area contributed by atoms with Gasteiger partial charge < -0.3 is 30.1 Å². The van der Waals surface area contributed by atoms with Gasteiger partial charge in [0.05, 0.1) is 54.2 Å². The van der Waals surface area contributed by atoms with Gasteiger partial charge >= 0.3 is 0 Å². The Morgan fingerprint density at radius 3 is 2.44 bits per heavy atom. The largest absolute Gasteiger partial charge is 0.488 e. The number of nitrogens with zero attached hydrogens (tertiary/aromatic N) is 5. The topological polar surface area (TPSA) is 149 Å². The van der Waals surface area contributed by atoms with Gasteiger partial charge in [0.15, 0.2) is 0 Å². The average molecular weight is 790 g/mol. The monoisotopic (exact) mass is 788 g/mol. The van der Waals surface area contributed by atoms with Crippen molar-refractivity contribution in [2.24, 2.45) is 0 Å². The summed E-state index contributed by atoms with van der Waals surface area (Å²) < 4.78 is 15.6. The quantitative estimate of drug-likeness (QED) is 0.0995. The van der Waals surface area contributed by atoms with Crippen molar-refractivity contribution in [1.82, 2.24) is 25.0 Å². The molecular formula is C39H42BrClN6O5. The van der Waals surface area contributed by atoms with E-state index in [1.807, 2.05) is 25.3 Å². The van der Waals surface area contributed by atoms with Gasteiger partial charge in [0.25, 0.3) is 0 Å². The van der Waals surface area contributed by atoms with E-state index in [2.05, 4.69) is 66.1 Å². The number of nitriles is 1. The van der Waals surface area contributed by atoms with Crippen LogP contribution in [0.15, 0.2) is 77.7 Å². The number of halogens is 2. The molecule has 2 aromatic heterocycles. The molecule has 0 spiro atoms. The summed E-state index contributed by atoms with van der Waals surface area (Å²) in [4.78, 5) is 6.28. The molecule has 0 saturated carbocycles. The minimum absolute atomic E-state index is 0.0134. The summed E-state index contributed by atoms with van der Waals surface area (Å²) in [6.07, 6.45) is 6.86. The molecule has 1 fully saturated rings. The molecule has 1 saturated heterocycles. The van der Waals surface area contributed by atoms with Crippen molar-refractivity contribution in [1.29, 1.82) is 5.26 Å². The standard InChI is InChI=1S/C39H42BrClN6O5/c1-25(20-48)44-18-29-13-35(41)38(14-37(29)51-23-27-12-26(15-42)16-43-17-27)52-24-28-4-2-6-33(39(28)40)32-5-3-7-36-34(32)19-45-47(36)30-8-10-46(11-9-30)31(21-49)22-50/h2-7,12-14,16-17,19,25,30-31,44,48-50H,8-11,18,20-24H2,1H3. The third kappa shape index (κ3) is 8.59. The Bertz CT molecular complexity index is 2020. The molecule has 3 aromatic carbocycles. The minimum atomic E-state index is -0.220. The molecule has 0 aliphatic carbocycles. The summed E-state index contributed by atoms with van der Waals surface area (Å²) in [5.41, 5.74) is 6.04. The maximum atomic E-state index is 9.63. The number of benzene rings is 3. The van der Waals surface area contributed by atoms with Crippen molar-refractivity contribution in [2.45, 2.75) is 57.6 Å². The number of rotatable bonds is 15. The van der Waals surface area contributed by atoms with Crippen LogP contribution in [0.1, 0.15) is 48.1 Å². The van der Waals surface area contributed by atoms with Crippen LogP contribution in [0.2, 0.25) is 5.02 Å². The van der Waals surface area contributed by atoms with E-state index < -0.39 is 0 Å². The van der Waals surface area contributed by atoms with Gasteiger partial charge in [-0.2, -0.15) is 10.4 Å². The molecule has 3 heterocycles. The molecule has 0 bridgehead atoms. The number of piperidine rings is 1. The Morgan fingerprint density at radius 2 is 1.69 bits per heavy atom. The molecule has 6 rings (SSSR count). The smallest absolute Gasteiger partial charge is 0.142 e. The highest BCUT2D eigenvalue weighted by molar-refractivity contribution is 9.10. The van der Waals surface area contributed by atoms with Crippen LogP contribution in [0.5, 0.6) is 11.5 Å². The molecule has 0 radical (unpaired) electrons. The van der Waals surface area contributed by atoms with Gasteiger partial charge in [0.1, 0.15) is 30.8 Å². The molecule has 1 aliphatic heterocycles. The molecule has 1 atom stereocenters. The Morgan fingerprint density at radius 1 is 0.942 bits per heavy atom. The van der Waals surface area contributed by atoms with Crippen LogP contribution in [0, 0.1) is 11.3 Å². The summed E-state index contributed by atoms with van der Waals surface area (Å²) in [7, 11) is 0. The lowest BCUT2D eigenvalue weighted by molar-refractivity contribution is 0.0499. The highest BCUT2D eigenvalue weighted by atomic mass is 79.9. The number of aliphatic hydroxyl groups excluding tert-OH is 3. The number of aliphatic hydroxyl groups is 3. The molecule has 52 heavy (non-hydrogen) atoms. The van der Waals surface area contributed by atoms with E-state index in [1.54, 1.807) is 24.4 Å². The Kier molecular flexibility index (Phi) is 12.8. The predicted molar refractivity (Wildman–Crippen MR) is 203 cm³/mol. The Labute approximate surface area is 316 Å². The van der Waals surface area contributed by atoms with E-state index in [4.69, 9.17) is 26.2 Å². The summed E-state index contributed by atoms with van der Waals surface area (Å²) in [6.45, 7) is 4.19. The van der Waals surface area contributed by atoms with Gasteiger partial charge in [-0.05, 0) is 65.0 Å². The summed E-state index contributed by atoms with van der Waals surface area (Å²) >= 11 is 10.6. The number of ether oxygens (including phenoxy) is 2. The van der Waals surface area contributed by atoms with Crippen LogP contribution in [-0.4, -0.2) is 80.0 Å². The van der Waals surface area contributed by atoms with E-state index >= 15 is 0 Å². The minimum Gasteiger partial charge on any atom is -0.488 e. The lowest BCUT2D eigenvalue weighted by Gasteiger charge is -2.36. The highest BCUT2D eigenvalue weighted by Crippen LogP contribution is 2.39. The maximum Gasteiger partial charge on any atom is 0.142 e. The Hall–Kier alpha value is -4.06. The lowest BCUT2D eigenvalue weighted by Crippen LogP contribution is -2.45. The second-order valence-corrected chi connectivity index (χ2v) is 14.2. The number of hydrogen-bond acceptors (Lipinski definition) is 10. The van der Waals surface area contributed by atoms with Crippen LogP contribution in [-0.2, 0) is 19.8 Å². The number of pyridine rings is 1. The number of hydrogen-bond donors (Lipinski definition) is 4. The van der Waals surface area contributed by atoms with Crippen LogP contribution in [0.25, 0.3) is 22.0 Å². The van der Waals surface area contributed by atoms with Crippen molar-refractivity contribution in [3.8, 4) is 28.7 Å². The number of likely N-dealkylation sites (tertiary alicyclic amines) is 1. The SMILES string of the molecule is CC(CO)NCc1cc(Cl)c(OCc2cccc(-c3cccc4c3cnn4C3CCN(C(CO)CO)CC3)c2Br)cc1OCc1cncc(C#N)c1. The predicted octanol–water partition coefficient (Wildman–Crippen LogP) is 6.00. The maximum absolute atomic E-state index is 9.63. The molecule has 11 nitrogen and oxygen atoms in total. The molecule has 5 aromatic rings. The van der Waals surface area contributed by atoms with E-state index in [-0.39, 0.29) is 51.2 Å². The molecule has 13 heteroatoms. The first-order valence-electron chi connectivity index (χ1n) is 17.3. The van der Waals surface area contributed by atoms with Crippen molar-refractivity contribution in [3.05, 3.63) is 105 Å². The van der Waals surface area contributed by atoms with Crippen LogP contribution >= 0.6 is 27.5 Å². The van der Waals surface area contributed by atoms with Gasteiger partial charge in [-0.15, -0.1) is 0 Å². The fourth-order valence-electron chi connectivity index (χ4n) is 6.53. The van der Waals surface area contributed by atoms with E-state index in [0.29, 0.717) is 28.6 Å². The van der Waals surface area contributed by atoms with Crippen LogP contribution < -0.4 is 14.8 Å². The van der Waals surface area contributed by atoms with Gasteiger partial charge in [0, 0.05) is 70.7 Å². The molecule has 0 amide bonds. The molecule has 1 unspecified atom stereocenters. The summed E-state index contributed by atoms with van der Waals surface area (Å²) in [5, 5.41) is 47.6. The van der Waals surface area contributed by atoms with Crippen molar-refractivity contribution >= 4 is 38.4 Å². The molecule has 1 aliphatic rings. The third-order valence-electron chi connectivity index (χ3n) is 9.52. The zero-order valence-corrected chi connectivity index (χ0v) is 31.2. The second kappa shape index (κ2) is 17.6. The van der Waals surface area contributed by atoms with Gasteiger partial charge in [0.2, 0.25) is 0 Å². The second-order valence-electron chi connectivity index (χ2n) is 13.0. The Balaban J connectivity index is 1.21. The average Bonchev–Trinajstić information content (AvgIpc) is 3.62. The van der Waals surface area contributed by atoms with Gasteiger partial charge in [-0.25, -0.2) is 0 Å². The zero-order chi connectivity index (χ0) is 36.6. The van der Waals surface area contributed by atoms with Crippen LogP contribution in [0.4, 0.5) is 0 Å². The van der Waals surface area contributed by atoms with Crippen molar-refractivity contribution < 1.29 is 24.8 Å². The third-order valence-corrected chi connectivity index (χ3v) is 10.8. The van der Waals surface area contributed by atoms with Crippen LogP contribution in [0.3, 0.4) is 0 Å². The molecule has 4 N–H and O–H groups in total. The fourth-order valence-corrected chi connectivity index (χ4v) is 7.37. The van der Waals surface area contributed by atoms with Crippen molar-refractivity contribution in [3.63, 3.8) is 0 Å². The van der Waals surface area contributed by atoms with Gasteiger partial charge in [-0.1, -0.05) is 41.9 Å². The summed E-state index contributed by atoms with van der Waals surface area (Å²) in [6, 6.07) is 19.6. The highest BCUT2D eigenvalue weighted by Gasteiger charge is 2.27. The van der Waals surface area contributed by atoms with Gasteiger partial charge in [-0.3, -0.25) is 14.6 Å². The number of aromatic nitrogens is 3. The first kappa shape index (κ1) is 37.7. The van der Waals surface area contributed by atoms with E-state index in [0.717, 1.165) is 69.1 Å². The van der Waals surface area contributed by atoms with Crippen molar-refractivity contribution in [2.75, 3.05) is 32.9 Å². The normalized spacial score (nSPS) is 14.5. The first-order valence-corrected chi connectivity index (χ1v) is 18.5. The molecule has 272 valence electrons. The van der Waals surface area contributed by atoms with E-state index in [1.165, 1.54) is 6.20 Å². The number of fused-ring (bicyclic) bond motifs is 1.